The summed E-state index contributed by atoms with van der Waals surface area (Å²) in [4.78, 5) is 33.3. The van der Waals surface area contributed by atoms with E-state index in [4.69, 9.17) is 4.74 Å². The molecule has 1 aromatic carbocycles. The van der Waals surface area contributed by atoms with Crippen LogP contribution in [0.5, 0.6) is 11.6 Å². The number of rotatable bonds is 5. The highest BCUT2D eigenvalue weighted by molar-refractivity contribution is 5.94. The fourth-order valence-corrected chi connectivity index (χ4v) is 4.53. The third-order valence-electron chi connectivity index (χ3n) is 6.20. The standard InChI is InChI=1S/C24H30N4O3/c1-18(29)27-15-12-20(13-16-27)28-14-6-5-9-22(28)24(30)26-19-10-11-23(25-17-19)31-21-7-3-2-4-8-21/h2-4,7-8,10-11,17,20,22H,5-6,9,12-16H2,1H3,(H,26,30)/t22-/m1/s1. The van der Waals surface area contributed by atoms with Crippen molar-refractivity contribution >= 4 is 17.5 Å². The van der Waals surface area contributed by atoms with E-state index in [9.17, 15) is 9.59 Å². The number of pyridine rings is 1. The summed E-state index contributed by atoms with van der Waals surface area (Å²) in [5.41, 5.74) is 0.669. The highest BCUT2D eigenvalue weighted by atomic mass is 16.5. The Bertz CT molecular complexity index is 879. The first-order valence-corrected chi connectivity index (χ1v) is 11.1. The summed E-state index contributed by atoms with van der Waals surface area (Å²) < 4.78 is 5.72. The minimum atomic E-state index is -0.136. The lowest BCUT2D eigenvalue weighted by atomic mass is 9.94. The van der Waals surface area contributed by atoms with Crippen LogP contribution >= 0.6 is 0 Å². The van der Waals surface area contributed by atoms with Gasteiger partial charge in [0.25, 0.3) is 0 Å². The van der Waals surface area contributed by atoms with Gasteiger partial charge in [-0.05, 0) is 50.4 Å². The van der Waals surface area contributed by atoms with Crippen LogP contribution in [-0.4, -0.2) is 58.3 Å². The molecule has 1 aromatic heterocycles. The number of ether oxygens (including phenoxy) is 1. The molecule has 2 aliphatic heterocycles. The van der Waals surface area contributed by atoms with E-state index in [0.717, 1.165) is 57.5 Å². The van der Waals surface area contributed by atoms with Gasteiger partial charge in [0.1, 0.15) is 5.75 Å². The molecule has 2 amide bonds. The smallest absolute Gasteiger partial charge is 0.241 e. The number of carbonyl (C=O) groups excluding carboxylic acids is 2. The van der Waals surface area contributed by atoms with Gasteiger partial charge in [0.15, 0.2) is 0 Å². The number of amides is 2. The van der Waals surface area contributed by atoms with Crippen LogP contribution in [0.1, 0.15) is 39.0 Å². The maximum absolute atomic E-state index is 13.1. The van der Waals surface area contributed by atoms with Crippen LogP contribution in [0.3, 0.4) is 0 Å². The van der Waals surface area contributed by atoms with Crippen LogP contribution in [0, 0.1) is 0 Å². The average Bonchev–Trinajstić information content (AvgIpc) is 2.81. The lowest BCUT2D eigenvalue weighted by Gasteiger charge is -2.43. The predicted molar refractivity (Wildman–Crippen MR) is 119 cm³/mol. The fourth-order valence-electron chi connectivity index (χ4n) is 4.53. The molecule has 2 aromatic rings. The Morgan fingerprint density at radius 2 is 1.77 bits per heavy atom. The molecule has 0 aliphatic carbocycles. The van der Waals surface area contributed by atoms with Crippen molar-refractivity contribution in [3.8, 4) is 11.6 Å². The molecule has 1 atom stereocenters. The van der Waals surface area contributed by atoms with Gasteiger partial charge in [0, 0.05) is 32.1 Å². The molecule has 1 N–H and O–H groups in total. The molecule has 0 unspecified atom stereocenters. The second-order valence-corrected chi connectivity index (χ2v) is 8.28. The quantitative estimate of drug-likeness (QED) is 0.796. The van der Waals surface area contributed by atoms with Crippen molar-refractivity contribution < 1.29 is 14.3 Å². The molecule has 4 rings (SSSR count). The number of carbonyl (C=O) groups is 2. The van der Waals surface area contributed by atoms with Crippen molar-refractivity contribution in [1.29, 1.82) is 0 Å². The van der Waals surface area contributed by atoms with Crippen molar-refractivity contribution in [2.75, 3.05) is 25.0 Å². The third-order valence-corrected chi connectivity index (χ3v) is 6.20. The lowest BCUT2D eigenvalue weighted by molar-refractivity contribution is -0.132. The molecule has 2 fully saturated rings. The zero-order valence-electron chi connectivity index (χ0n) is 18.0. The Labute approximate surface area is 183 Å². The fraction of sp³-hybridized carbons (Fsp3) is 0.458. The van der Waals surface area contributed by atoms with Crippen LogP contribution < -0.4 is 10.1 Å². The Kier molecular flexibility index (Phi) is 6.82. The summed E-state index contributed by atoms with van der Waals surface area (Å²) in [5, 5.41) is 3.04. The number of piperidine rings is 2. The minimum absolute atomic E-state index is 0.0206. The lowest BCUT2D eigenvalue weighted by Crippen LogP contribution is -2.55. The first kappa shape index (κ1) is 21.3. The van der Waals surface area contributed by atoms with Crippen molar-refractivity contribution in [2.45, 2.75) is 51.1 Å². The van der Waals surface area contributed by atoms with Gasteiger partial charge in [-0.15, -0.1) is 0 Å². The van der Waals surface area contributed by atoms with E-state index in [1.807, 2.05) is 41.3 Å². The van der Waals surface area contributed by atoms with E-state index in [1.165, 1.54) is 0 Å². The molecule has 164 valence electrons. The number of aromatic nitrogens is 1. The van der Waals surface area contributed by atoms with Gasteiger partial charge in [-0.3, -0.25) is 14.5 Å². The third kappa shape index (κ3) is 5.41. The average molecular weight is 423 g/mol. The van der Waals surface area contributed by atoms with Crippen molar-refractivity contribution in [1.82, 2.24) is 14.8 Å². The first-order chi connectivity index (χ1) is 15.1. The molecule has 0 radical (unpaired) electrons. The second-order valence-electron chi connectivity index (χ2n) is 8.28. The van der Waals surface area contributed by atoms with E-state index < -0.39 is 0 Å². The number of likely N-dealkylation sites (tertiary alicyclic amines) is 2. The van der Waals surface area contributed by atoms with Crippen molar-refractivity contribution in [2.24, 2.45) is 0 Å². The molecule has 2 aliphatic rings. The Morgan fingerprint density at radius 3 is 2.45 bits per heavy atom. The maximum Gasteiger partial charge on any atom is 0.241 e. The molecule has 7 heteroatoms. The second kappa shape index (κ2) is 9.92. The van der Waals surface area contributed by atoms with Crippen LogP contribution in [0.4, 0.5) is 5.69 Å². The largest absolute Gasteiger partial charge is 0.439 e. The molecule has 0 bridgehead atoms. The molecule has 7 nitrogen and oxygen atoms in total. The van der Waals surface area contributed by atoms with Crippen LogP contribution in [0.25, 0.3) is 0 Å². The molecule has 0 saturated carbocycles. The van der Waals surface area contributed by atoms with E-state index >= 15 is 0 Å². The highest BCUT2D eigenvalue weighted by Gasteiger charge is 2.35. The summed E-state index contributed by atoms with van der Waals surface area (Å²) in [6.07, 6.45) is 6.52. The number of hydrogen-bond acceptors (Lipinski definition) is 5. The topological polar surface area (TPSA) is 74.8 Å². The summed E-state index contributed by atoms with van der Waals surface area (Å²) in [5.74, 6) is 1.37. The van der Waals surface area contributed by atoms with Crippen molar-refractivity contribution in [3.63, 3.8) is 0 Å². The van der Waals surface area contributed by atoms with E-state index in [-0.39, 0.29) is 17.9 Å². The summed E-state index contributed by atoms with van der Waals surface area (Å²) >= 11 is 0. The van der Waals surface area contributed by atoms with E-state index in [0.29, 0.717) is 17.6 Å². The number of anilines is 1. The minimum Gasteiger partial charge on any atom is -0.439 e. The Morgan fingerprint density at radius 1 is 1.00 bits per heavy atom. The number of nitrogens with one attached hydrogen (secondary N) is 1. The number of hydrogen-bond donors (Lipinski definition) is 1. The van der Waals surface area contributed by atoms with E-state index in [2.05, 4.69) is 15.2 Å². The zero-order chi connectivity index (χ0) is 21.6. The Hall–Kier alpha value is -2.93. The molecule has 31 heavy (non-hydrogen) atoms. The predicted octanol–water partition coefficient (Wildman–Crippen LogP) is 3.68. The van der Waals surface area contributed by atoms with Gasteiger partial charge in [-0.25, -0.2) is 4.98 Å². The zero-order valence-corrected chi connectivity index (χ0v) is 18.0. The maximum atomic E-state index is 13.1. The molecule has 3 heterocycles. The monoisotopic (exact) mass is 422 g/mol. The highest BCUT2D eigenvalue weighted by Crippen LogP contribution is 2.27. The normalized spacial score (nSPS) is 20.3. The van der Waals surface area contributed by atoms with Gasteiger partial charge in [-0.2, -0.15) is 0 Å². The molecular weight excluding hydrogens is 392 g/mol. The SMILES string of the molecule is CC(=O)N1CCC(N2CCCC[C@@H]2C(=O)Nc2ccc(Oc3ccccc3)nc2)CC1. The van der Waals surface area contributed by atoms with Gasteiger partial charge in [-0.1, -0.05) is 24.6 Å². The van der Waals surface area contributed by atoms with Crippen LogP contribution in [0.15, 0.2) is 48.7 Å². The van der Waals surface area contributed by atoms with Gasteiger partial charge in [0.05, 0.1) is 17.9 Å². The number of nitrogens with zero attached hydrogens (tertiary/aromatic N) is 3. The van der Waals surface area contributed by atoms with Crippen LogP contribution in [0.2, 0.25) is 0 Å². The summed E-state index contributed by atoms with van der Waals surface area (Å²) in [6.45, 7) is 4.11. The Balaban J connectivity index is 1.35. The first-order valence-electron chi connectivity index (χ1n) is 11.1. The van der Waals surface area contributed by atoms with Crippen LogP contribution in [-0.2, 0) is 9.59 Å². The van der Waals surface area contributed by atoms with Gasteiger partial charge >= 0.3 is 0 Å². The number of para-hydroxylation sites is 1. The summed E-state index contributed by atoms with van der Waals surface area (Å²) in [6, 6.07) is 13.3. The number of benzene rings is 1. The van der Waals surface area contributed by atoms with Crippen molar-refractivity contribution in [3.05, 3.63) is 48.7 Å². The van der Waals surface area contributed by atoms with E-state index in [1.54, 1.807) is 19.2 Å². The van der Waals surface area contributed by atoms with Gasteiger partial charge < -0.3 is 15.0 Å². The molecular formula is C24H30N4O3. The van der Waals surface area contributed by atoms with Gasteiger partial charge in [0.2, 0.25) is 17.7 Å². The molecule has 0 spiro atoms. The summed E-state index contributed by atoms with van der Waals surface area (Å²) in [7, 11) is 0. The molecule has 2 saturated heterocycles.